The van der Waals surface area contributed by atoms with E-state index in [1.54, 1.807) is 11.3 Å². The molecule has 2 N–H and O–H groups in total. The van der Waals surface area contributed by atoms with Gasteiger partial charge in [-0.3, -0.25) is 4.99 Å². The van der Waals surface area contributed by atoms with E-state index in [4.69, 9.17) is 0 Å². The molecule has 2 heterocycles. The van der Waals surface area contributed by atoms with Crippen LogP contribution in [0.5, 0.6) is 0 Å². The van der Waals surface area contributed by atoms with Gasteiger partial charge in [-0.25, -0.2) is 4.98 Å². The molecule has 1 atom stereocenters. The fraction of sp³-hybridized carbons (Fsp3) is 0.778. The van der Waals surface area contributed by atoms with Crippen molar-refractivity contribution in [2.75, 3.05) is 26.7 Å². The molecule has 0 radical (unpaired) electrons. The Labute approximate surface area is 151 Å². The molecule has 1 unspecified atom stereocenters. The first-order valence-electron chi connectivity index (χ1n) is 9.21. The summed E-state index contributed by atoms with van der Waals surface area (Å²) in [5.41, 5.74) is 1.13. The predicted octanol–water partition coefficient (Wildman–Crippen LogP) is 3.08. The number of nitrogens with one attached hydrogen (secondary N) is 2. The molecular formula is C18H33N5S. The van der Waals surface area contributed by atoms with E-state index in [0.717, 1.165) is 35.8 Å². The van der Waals surface area contributed by atoms with Gasteiger partial charge in [0.2, 0.25) is 0 Å². The number of piperidine rings is 1. The van der Waals surface area contributed by atoms with Crippen LogP contribution in [0.15, 0.2) is 4.99 Å². The highest BCUT2D eigenvalue weighted by Crippen LogP contribution is 2.17. The zero-order valence-electron chi connectivity index (χ0n) is 15.7. The highest BCUT2D eigenvalue weighted by atomic mass is 32.1. The van der Waals surface area contributed by atoms with Gasteiger partial charge in [0.15, 0.2) is 5.96 Å². The van der Waals surface area contributed by atoms with Crippen LogP contribution >= 0.6 is 11.3 Å². The minimum atomic E-state index is 0.740. The highest BCUT2D eigenvalue weighted by molar-refractivity contribution is 7.11. The van der Waals surface area contributed by atoms with E-state index in [1.165, 1.54) is 50.1 Å². The van der Waals surface area contributed by atoms with Gasteiger partial charge < -0.3 is 15.5 Å². The predicted molar refractivity (Wildman–Crippen MR) is 104 cm³/mol. The monoisotopic (exact) mass is 351 g/mol. The number of aromatic nitrogens is 1. The van der Waals surface area contributed by atoms with Gasteiger partial charge in [-0.2, -0.15) is 0 Å². The van der Waals surface area contributed by atoms with Crippen LogP contribution in [0.3, 0.4) is 0 Å². The van der Waals surface area contributed by atoms with Gasteiger partial charge in [-0.05, 0) is 59.5 Å². The Morgan fingerprint density at radius 2 is 2.12 bits per heavy atom. The highest BCUT2D eigenvalue weighted by Gasteiger charge is 2.16. The minimum absolute atomic E-state index is 0.740. The van der Waals surface area contributed by atoms with Crippen LogP contribution in [-0.4, -0.2) is 48.6 Å². The number of thiazole rings is 1. The van der Waals surface area contributed by atoms with Gasteiger partial charge in [0.1, 0.15) is 5.01 Å². The number of hydrogen-bond acceptors (Lipinski definition) is 4. The van der Waals surface area contributed by atoms with Gasteiger partial charge in [0.05, 0.1) is 12.2 Å². The first-order chi connectivity index (χ1) is 11.6. The standard InChI is InChI=1S/C18H33N5S/c1-14-9-5-7-11-23(14)12-8-6-10-20-18(19-4)21-13-17-22-15(2)16(3)24-17/h14H,5-13H2,1-4H3,(H2,19,20,21). The van der Waals surface area contributed by atoms with E-state index in [2.05, 4.69) is 46.3 Å². The van der Waals surface area contributed by atoms with E-state index in [1.807, 2.05) is 7.05 Å². The molecule has 1 fully saturated rings. The van der Waals surface area contributed by atoms with Gasteiger partial charge in [-0.1, -0.05) is 6.42 Å². The molecule has 0 bridgehead atoms. The summed E-state index contributed by atoms with van der Waals surface area (Å²) in [7, 11) is 1.82. The van der Waals surface area contributed by atoms with Crippen LogP contribution in [0.2, 0.25) is 0 Å². The SMILES string of the molecule is CN=C(NCCCCN1CCCCC1C)NCc1nc(C)c(C)s1. The molecule has 2 rings (SSSR count). The molecule has 0 spiro atoms. The Morgan fingerprint density at radius 1 is 1.29 bits per heavy atom. The Balaban J connectivity index is 1.59. The molecular weight excluding hydrogens is 318 g/mol. The number of unbranched alkanes of at least 4 members (excludes halogenated alkanes) is 1. The zero-order valence-corrected chi connectivity index (χ0v) is 16.5. The molecule has 1 aliphatic heterocycles. The number of guanidine groups is 1. The van der Waals surface area contributed by atoms with Gasteiger partial charge >= 0.3 is 0 Å². The molecule has 0 saturated carbocycles. The van der Waals surface area contributed by atoms with Crippen LogP contribution in [0.4, 0.5) is 0 Å². The topological polar surface area (TPSA) is 52.6 Å². The second-order valence-corrected chi connectivity index (χ2v) is 7.98. The summed E-state index contributed by atoms with van der Waals surface area (Å²) in [5, 5.41) is 7.87. The lowest BCUT2D eigenvalue weighted by Gasteiger charge is -2.33. The second-order valence-electron chi connectivity index (χ2n) is 6.69. The fourth-order valence-corrected chi connectivity index (χ4v) is 4.00. The number of aryl methyl sites for hydroxylation is 2. The van der Waals surface area contributed by atoms with Crippen molar-refractivity contribution in [3.63, 3.8) is 0 Å². The van der Waals surface area contributed by atoms with Gasteiger partial charge in [0.25, 0.3) is 0 Å². The number of aliphatic imine (C=N–C) groups is 1. The van der Waals surface area contributed by atoms with Crippen molar-refractivity contribution < 1.29 is 0 Å². The molecule has 136 valence electrons. The third-order valence-corrected chi connectivity index (χ3v) is 5.88. The molecule has 0 aromatic carbocycles. The number of rotatable bonds is 7. The molecule has 0 aliphatic carbocycles. The molecule has 24 heavy (non-hydrogen) atoms. The zero-order chi connectivity index (χ0) is 17.4. The van der Waals surface area contributed by atoms with Crippen LogP contribution in [-0.2, 0) is 6.54 Å². The summed E-state index contributed by atoms with van der Waals surface area (Å²) in [4.78, 5) is 12.8. The lowest BCUT2D eigenvalue weighted by atomic mass is 10.0. The number of nitrogens with zero attached hydrogens (tertiary/aromatic N) is 3. The summed E-state index contributed by atoms with van der Waals surface area (Å²) < 4.78 is 0. The van der Waals surface area contributed by atoms with Crippen LogP contribution in [0.1, 0.15) is 54.6 Å². The molecule has 1 saturated heterocycles. The van der Waals surface area contributed by atoms with Crippen molar-refractivity contribution >= 4 is 17.3 Å². The van der Waals surface area contributed by atoms with E-state index in [0.29, 0.717) is 0 Å². The normalized spacial score (nSPS) is 19.5. The Kier molecular flexibility index (Phi) is 7.99. The minimum Gasteiger partial charge on any atom is -0.356 e. The lowest BCUT2D eigenvalue weighted by Crippen LogP contribution is -2.39. The lowest BCUT2D eigenvalue weighted by molar-refractivity contribution is 0.158. The quantitative estimate of drug-likeness (QED) is 0.450. The molecule has 1 aromatic heterocycles. The largest absolute Gasteiger partial charge is 0.356 e. The maximum Gasteiger partial charge on any atom is 0.191 e. The second kappa shape index (κ2) is 9.99. The third-order valence-electron chi connectivity index (χ3n) is 4.81. The molecule has 5 nitrogen and oxygen atoms in total. The summed E-state index contributed by atoms with van der Waals surface area (Å²) in [6, 6.07) is 0.770. The van der Waals surface area contributed by atoms with E-state index < -0.39 is 0 Å². The smallest absolute Gasteiger partial charge is 0.191 e. The molecule has 1 aromatic rings. The van der Waals surface area contributed by atoms with Crippen molar-refractivity contribution in [3.8, 4) is 0 Å². The average Bonchev–Trinajstić information content (AvgIpc) is 2.90. The molecule has 0 amide bonds. The van der Waals surface area contributed by atoms with Crippen molar-refractivity contribution in [2.24, 2.45) is 4.99 Å². The van der Waals surface area contributed by atoms with E-state index in [-0.39, 0.29) is 0 Å². The Bertz CT molecular complexity index is 506. The first-order valence-corrected chi connectivity index (χ1v) is 10.0. The average molecular weight is 352 g/mol. The van der Waals surface area contributed by atoms with Crippen LogP contribution < -0.4 is 10.6 Å². The van der Waals surface area contributed by atoms with Crippen molar-refractivity contribution in [1.82, 2.24) is 20.5 Å². The Morgan fingerprint density at radius 3 is 2.79 bits per heavy atom. The first kappa shape index (κ1) is 19.2. The van der Waals surface area contributed by atoms with Crippen LogP contribution in [0.25, 0.3) is 0 Å². The summed E-state index contributed by atoms with van der Waals surface area (Å²) in [6.07, 6.45) is 6.57. The van der Waals surface area contributed by atoms with Crippen molar-refractivity contribution in [2.45, 2.75) is 65.5 Å². The van der Waals surface area contributed by atoms with Crippen molar-refractivity contribution in [1.29, 1.82) is 0 Å². The van der Waals surface area contributed by atoms with Crippen LogP contribution in [0, 0.1) is 13.8 Å². The van der Waals surface area contributed by atoms with Crippen molar-refractivity contribution in [3.05, 3.63) is 15.6 Å². The fourth-order valence-electron chi connectivity index (χ4n) is 3.13. The van der Waals surface area contributed by atoms with Gasteiger partial charge in [-0.15, -0.1) is 11.3 Å². The number of hydrogen-bond donors (Lipinski definition) is 2. The summed E-state index contributed by atoms with van der Waals surface area (Å²) in [5.74, 6) is 0.867. The summed E-state index contributed by atoms with van der Waals surface area (Å²) in [6.45, 7) is 10.8. The maximum atomic E-state index is 4.55. The van der Waals surface area contributed by atoms with E-state index >= 15 is 0 Å². The number of likely N-dealkylation sites (tertiary alicyclic amines) is 1. The van der Waals surface area contributed by atoms with Gasteiger partial charge in [0, 0.05) is 24.5 Å². The third kappa shape index (κ3) is 6.06. The summed E-state index contributed by atoms with van der Waals surface area (Å²) >= 11 is 1.75. The maximum absolute atomic E-state index is 4.55. The molecule has 6 heteroatoms. The molecule has 1 aliphatic rings. The van der Waals surface area contributed by atoms with E-state index in [9.17, 15) is 0 Å². The Hall–Kier alpha value is -1.14.